The van der Waals surface area contributed by atoms with Gasteiger partial charge in [-0.2, -0.15) is 13.2 Å². The van der Waals surface area contributed by atoms with Crippen LogP contribution in [0.1, 0.15) is 27.5 Å². The van der Waals surface area contributed by atoms with Crippen molar-refractivity contribution in [3.05, 3.63) is 71.2 Å². The average molecular weight is 542 g/mol. The second kappa shape index (κ2) is 10.9. The van der Waals surface area contributed by atoms with Crippen molar-refractivity contribution in [2.24, 2.45) is 5.73 Å². The standard InChI is InChI=1S/C27H26F3N5O4/c1-37-20-8-6-19(18-7-9-22(27(28,29)30)33-23(18)20)26-34-24(21(14-31)39-26)25(36)32-15-16-2-4-17(5-3-16)35-10-12-38-13-11-35/h2-9H,10-15,31H2,1H3,(H,32,36). The van der Waals surface area contributed by atoms with Crippen LogP contribution in [0.4, 0.5) is 18.9 Å². The van der Waals surface area contributed by atoms with Crippen molar-refractivity contribution in [3.8, 4) is 17.2 Å². The van der Waals surface area contributed by atoms with Gasteiger partial charge in [0.05, 0.1) is 26.9 Å². The molecule has 204 valence electrons. The number of nitrogens with zero attached hydrogens (tertiary/aromatic N) is 3. The fraction of sp³-hybridized carbons (Fsp3) is 0.296. The van der Waals surface area contributed by atoms with Gasteiger partial charge in [0.2, 0.25) is 5.89 Å². The van der Waals surface area contributed by atoms with Crippen molar-refractivity contribution < 1.29 is 31.9 Å². The lowest BCUT2D eigenvalue weighted by Gasteiger charge is -2.28. The van der Waals surface area contributed by atoms with E-state index in [0.717, 1.165) is 30.4 Å². The summed E-state index contributed by atoms with van der Waals surface area (Å²) < 4.78 is 56.2. The molecule has 3 N–H and O–H groups in total. The number of pyridine rings is 1. The summed E-state index contributed by atoms with van der Waals surface area (Å²) in [6.45, 7) is 3.19. The molecule has 1 aliphatic rings. The number of hydrogen-bond donors (Lipinski definition) is 2. The Morgan fingerprint density at radius 3 is 2.49 bits per heavy atom. The third-order valence-electron chi connectivity index (χ3n) is 6.42. The van der Waals surface area contributed by atoms with Gasteiger partial charge in [-0.1, -0.05) is 12.1 Å². The van der Waals surface area contributed by atoms with Gasteiger partial charge in [0, 0.05) is 36.3 Å². The topological polar surface area (TPSA) is 116 Å². The largest absolute Gasteiger partial charge is 0.494 e. The predicted octanol–water partition coefficient (Wildman–Crippen LogP) is 4.14. The van der Waals surface area contributed by atoms with E-state index in [4.69, 9.17) is 19.6 Å². The number of alkyl halides is 3. The molecule has 1 saturated heterocycles. The Morgan fingerprint density at radius 2 is 1.82 bits per heavy atom. The summed E-state index contributed by atoms with van der Waals surface area (Å²) >= 11 is 0. The number of halogens is 3. The average Bonchev–Trinajstić information content (AvgIpc) is 3.40. The van der Waals surface area contributed by atoms with Crippen LogP contribution in [0.25, 0.3) is 22.4 Å². The fourth-order valence-corrected chi connectivity index (χ4v) is 4.40. The lowest BCUT2D eigenvalue weighted by atomic mass is 10.1. The molecule has 0 radical (unpaired) electrons. The highest BCUT2D eigenvalue weighted by Crippen LogP contribution is 2.37. The first kappa shape index (κ1) is 26.4. The molecule has 2 aromatic heterocycles. The molecule has 12 heteroatoms. The minimum absolute atomic E-state index is 0.00118. The van der Waals surface area contributed by atoms with Gasteiger partial charge in [-0.3, -0.25) is 4.79 Å². The molecule has 0 aliphatic carbocycles. The highest BCUT2D eigenvalue weighted by Gasteiger charge is 2.33. The molecule has 0 saturated carbocycles. The summed E-state index contributed by atoms with van der Waals surface area (Å²) in [4.78, 5) is 23.3. The van der Waals surface area contributed by atoms with Crippen molar-refractivity contribution in [3.63, 3.8) is 0 Å². The number of nitrogens with one attached hydrogen (secondary N) is 1. The predicted molar refractivity (Wildman–Crippen MR) is 137 cm³/mol. The molecule has 0 bridgehead atoms. The molecular weight excluding hydrogens is 515 g/mol. The number of hydrogen-bond acceptors (Lipinski definition) is 8. The quantitative estimate of drug-likeness (QED) is 0.359. The number of rotatable bonds is 7. The van der Waals surface area contributed by atoms with Crippen LogP contribution in [-0.4, -0.2) is 49.3 Å². The van der Waals surface area contributed by atoms with Gasteiger partial charge in [0.15, 0.2) is 11.5 Å². The van der Waals surface area contributed by atoms with E-state index < -0.39 is 17.8 Å². The van der Waals surface area contributed by atoms with Gasteiger partial charge >= 0.3 is 6.18 Å². The Balaban J connectivity index is 1.37. The maximum Gasteiger partial charge on any atom is 0.433 e. The molecule has 1 fully saturated rings. The molecule has 1 aliphatic heterocycles. The minimum Gasteiger partial charge on any atom is -0.494 e. The van der Waals surface area contributed by atoms with Crippen LogP contribution in [0.3, 0.4) is 0 Å². The monoisotopic (exact) mass is 541 g/mol. The van der Waals surface area contributed by atoms with Crippen LogP contribution in [0.2, 0.25) is 0 Å². The van der Waals surface area contributed by atoms with Crippen LogP contribution >= 0.6 is 0 Å². The first-order valence-electron chi connectivity index (χ1n) is 12.2. The Kier molecular flexibility index (Phi) is 7.40. The number of methoxy groups -OCH3 is 1. The van der Waals surface area contributed by atoms with E-state index in [1.165, 1.54) is 19.2 Å². The number of nitrogens with two attached hydrogens (primary N) is 1. The second-order valence-electron chi connectivity index (χ2n) is 8.85. The van der Waals surface area contributed by atoms with E-state index in [0.29, 0.717) is 24.2 Å². The molecular formula is C27H26F3N5O4. The summed E-state index contributed by atoms with van der Waals surface area (Å²) in [5.74, 6) is -0.153. The zero-order valence-electron chi connectivity index (χ0n) is 21.0. The molecule has 0 unspecified atom stereocenters. The molecule has 1 amide bonds. The number of aromatic nitrogens is 2. The number of amides is 1. The van der Waals surface area contributed by atoms with E-state index in [1.54, 1.807) is 6.07 Å². The van der Waals surface area contributed by atoms with E-state index in [1.807, 2.05) is 24.3 Å². The molecule has 0 spiro atoms. The molecule has 0 atom stereocenters. The highest BCUT2D eigenvalue weighted by atomic mass is 19.4. The highest BCUT2D eigenvalue weighted by molar-refractivity contribution is 5.98. The van der Waals surface area contributed by atoms with Gasteiger partial charge in [0.1, 0.15) is 17.0 Å². The van der Waals surface area contributed by atoms with E-state index >= 15 is 0 Å². The van der Waals surface area contributed by atoms with E-state index in [2.05, 4.69) is 20.2 Å². The molecule has 39 heavy (non-hydrogen) atoms. The zero-order chi connectivity index (χ0) is 27.6. The summed E-state index contributed by atoms with van der Waals surface area (Å²) in [5.41, 5.74) is 7.08. The van der Waals surface area contributed by atoms with Crippen molar-refractivity contribution in [1.82, 2.24) is 15.3 Å². The lowest BCUT2D eigenvalue weighted by Crippen LogP contribution is -2.36. The summed E-state index contributed by atoms with van der Waals surface area (Å²) in [5, 5.41) is 3.14. The summed E-state index contributed by atoms with van der Waals surface area (Å²) in [6.07, 6.45) is -4.63. The Hall–Kier alpha value is -4.16. The fourth-order valence-electron chi connectivity index (χ4n) is 4.40. The van der Waals surface area contributed by atoms with Crippen LogP contribution in [-0.2, 0) is 24.0 Å². The Bertz CT molecular complexity index is 1480. The van der Waals surface area contributed by atoms with Crippen LogP contribution < -0.4 is 20.7 Å². The van der Waals surface area contributed by atoms with Crippen molar-refractivity contribution in [2.75, 3.05) is 38.3 Å². The SMILES string of the molecule is COc1ccc(-c2nc(C(=O)NCc3ccc(N4CCOCC4)cc3)c(CN)o2)c2ccc(C(F)(F)F)nc12. The van der Waals surface area contributed by atoms with Crippen LogP contribution in [0, 0.1) is 0 Å². The van der Waals surface area contributed by atoms with E-state index in [-0.39, 0.29) is 41.7 Å². The molecule has 3 heterocycles. The molecule has 5 rings (SSSR count). The number of morpholine rings is 1. The lowest BCUT2D eigenvalue weighted by molar-refractivity contribution is -0.140. The summed E-state index contributed by atoms with van der Waals surface area (Å²) in [7, 11) is 1.34. The van der Waals surface area contributed by atoms with Gasteiger partial charge < -0.3 is 29.8 Å². The minimum atomic E-state index is -4.63. The summed E-state index contributed by atoms with van der Waals surface area (Å²) in [6, 6.07) is 13.1. The normalized spacial score (nSPS) is 14.0. The Morgan fingerprint density at radius 1 is 1.08 bits per heavy atom. The number of fused-ring (bicyclic) bond motifs is 1. The van der Waals surface area contributed by atoms with Gasteiger partial charge in [-0.25, -0.2) is 9.97 Å². The number of carbonyl (C=O) groups is 1. The number of carbonyl (C=O) groups excluding carboxylic acids is 1. The number of benzene rings is 2. The first-order valence-corrected chi connectivity index (χ1v) is 12.2. The van der Waals surface area contributed by atoms with E-state index in [9.17, 15) is 18.0 Å². The van der Waals surface area contributed by atoms with Crippen molar-refractivity contribution in [2.45, 2.75) is 19.3 Å². The van der Waals surface area contributed by atoms with Crippen molar-refractivity contribution in [1.29, 1.82) is 0 Å². The maximum atomic E-state index is 13.3. The number of anilines is 1. The number of oxazole rings is 1. The number of ether oxygens (including phenoxy) is 2. The molecule has 2 aromatic carbocycles. The van der Waals surface area contributed by atoms with Crippen LogP contribution in [0.15, 0.2) is 52.9 Å². The van der Waals surface area contributed by atoms with Gasteiger partial charge in [-0.15, -0.1) is 0 Å². The maximum absolute atomic E-state index is 13.3. The van der Waals surface area contributed by atoms with Gasteiger partial charge in [-0.05, 0) is 42.0 Å². The second-order valence-corrected chi connectivity index (χ2v) is 8.85. The smallest absolute Gasteiger partial charge is 0.433 e. The zero-order valence-corrected chi connectivity index (χ0v) is 21.0. The van der Waals surface area contributed by atoms with Crippen molar-refractivity contribution >= 4 is 22.5 Å². The molecule has 4 aromatic rings. The third kappa shape index (κ3) is 5.52. The third-order valence-corrected chi connectivity index (χ3v) is 6.42. The van der Waals surface area contributed by atoms with Gasteiger partial charge in [0.25, 0.3) is 5.91 Å². The first-order chi connectivity index (χ1) is 18.8. The molecule has 9 nitrogen and oxygen atoms in total. The van der Waals surface area contributed by atoms with Crippen LogP contribution in [0.5, 0.6) is 5.75 Å². The Labute approximate surface area is 221 Å².